The molecule has 0 spiro atoms. The topological polar surface area (TPSA) is 74.4 Å². The zero-order valence-corrected chi connectivity index (χ0v) is 13.5. The highest BCUT2D eigenvalue weighted by molar-refractivity contribution is 7.99. The third-order valence-electron chi connectivity index (χ3n) is 3.44. The van der Waals surface area contributed by atoms with Crippen LogP contribution in [0.1, 0.15) is 33.1 Å². The lowest BCUT2D eigenvalue weighted by Gasteiger charge is -2.14. The lowest BCUT2D eigenvalue weighted by molar-refractivity contribution is -0.141. The molecule has 0 atom stereocenters. The third kappa shape index (κ3) is 4.52. The summed E-state index contributed by atoms with van der Waals surface area (Å²) in [6.45, 7) is 3.88. The Bertz CT molecular complexity index is 516. The van der Waals surface area contributed by atoms with Crippen LogP contribution >= 0.6 is 11.8 Å². The van der Waals surface area contributed by atoms with Gasteiger partial charge in [0.05, 0.1) is 25.3 Å². The minimum atomic E-state index is -0.137. The van der Waals surface area contributed by atoms with Gasteiger partial charge in [0.1, 0.15) is 5.03 Å². The van der Waals surface area contributed by atoms with E-state index in [2.05, 4.69) is 4.98 Å². The second kappa shape index (κ2) is 6.56. The van der Waals surface area contributed by atoms with E-state index in [9.17, 15) is 4.79 Å². The number of thioether (sulfide) groups is 1. The van der Waals surface area contributed by atoms with Crippen molar-refractivity contribution >= 4 is 23.4 Å². The molecule has 1 aromatic heterocycles. The standard InChI is InChI=1S/C15H22N2O3S/c1-10(2)20-14-11(16)4-5-12(17-14)21-9-15(6-7-15)8-13(18)19-3/h4-5,10H,6-9,16H2,1-3H3. The molecule has 0 bridgehead atoms. The summed E-state index contributed by atoms with van der Waals surface area (Å²) in [5.74, 6) is 1.20. The first kappa shape index (κ1) is 15.9. The Balaban J connectivity index is 1.96. The SMILES string of the molecule is COC(=O)CC1(CSc2ccc(N)c(OC(C)C)n2)CC1. The molecule has 1 saturated carbocycles. The molecule has 1 fully saturated rings. The minimum Gasteiger partial charge on any atom is -0.473 e. The summed E-state index contributed by atoms with van der Waals surface area (Å²) in [5.41, 5.74) is 6.49. The number of nitrogens with zero attached hydrogens (tertiary/aromatic N) is 1. The van der Waals surface area contributed by atoms with Crippen LogP contribution in [0.25, 0.3) is 0 Å². The number of anilines is 1. The lowest BCUT2D eigenvalue weighted by atomic mass is 10.1. The number of carbonyl (C=O) groups excluding carboxylic acids is 1. The van der Waals surface area contributed by atoms with Crippen molar-refractivity contribution in [1.82, 2.24) is 4.98 Å². The fourth-order valence-electron chi connectivity index (χ4n) is 1.99. The van der Waals surface area contributed by atoms with E-state index in [1.807, 2.05) is 26.0 Å². The van der Waals surface area contributed by atoms with Crippen LogP contribution in [0.3, 0.4) is 0 Å². The molecule has 116 valence electrons. The van der Waals surface area contributed by atoms with Crippen molar-refractivity contribution in [3.63, 3.8) is 0 Å². The molecule has 0 amide bonds. The quantitative estimate of drug-likeness (QED) is 0.616. The number of ether oxygens (including phenoxy) is 2. The molecule has 6 heteroatoms. The van der Waals surface area contributed by atoms with Crippen molar-refractivity contribution in [2.24, 2.45) is 5.41 Å². The van der Waals surface area contributed by atoms with Gasteiger partial charge in [0, 0.05) is 5.75 Å². The first-order valence-electron chi connectivity index (χ1n) is 7.07. The Morgan fingerprint density at radius 1 is 1.48 bits per heavy atom. The molecular formula is C15H22N2O3S. The van der Waals surface area contributed by atoms with Gasteiger partial charge in [0.15, 0.2) is 0 Å². The number of methoxy groups -OCH3 is 1. The van der Waals surface area contributed by atoms with Crippen LogP contribution in [-0.2, 0) is 9.53 Å². The molecule has 0 radical (unpaired) electrons. The van der Waals surface area contributed by atoms with Gasteiger partial charge in [-0.3, -0.25) is 4.79 Å². The van der Waals surface area contributed by atoms with Gasteiger partial charge in [0.2, 0.25) is 5.88 Å². The number of esters is 1. The molecule has 0 aliphatic heterocycles. The highest BCUT2D eigenvalue weighted by Crippen LogP contribution is 2.52. The number of nitrogen functional groups attached to an aromatic ring is 1. The molecule has 1 aliphatic rings. The summed E-state index contributed by atoms with van der Waals surface area (Å²) in [5, 5.41) is 0.871. The number of nitrogens with two attached hydrogens (primary N) is 1. The fourth-order valence-corrected chi connectivity index (χ4v) is 3.14. The Morgan fingerprint density at radius 3 is 2.76 bits per heavy atom. The normalized spacial score (nSPS) is 15.8. The van der Waals surface area contributed by atoms with E-state index in [0.717, 1.165) is 23.6 Å². The van der Waals surface area contributed by atoms with Gasteiger partial charge in [0.25, 0.3) is 0 Å². The van der Waals surface area contributed by atoms with Gasteiger partial charge in [-0.2, -0.15) is 0 Å². The summed E-state index contributed by atoms with van der Waals surface area (Å²) in [4.78, 5) is 15.9. The maximum atomic E-state index is 11.4. The maximum absolute atomic E-state index is 11.4. The highest BCUT2D eigenvalue weighted by atomic mass is 32.2. The van der Waals surface area contributed by atoms with Crippen LogP contribution in [0.5, 0.6) is 5.88 Å². The summed E-state index contributed by atoms with van der Waals surface area (Å²) >= 11 is 1.64. The number of hydrogen-bond donors (Lipinski definition) is 1. The smallest absolute Gasteiger partial charge is 0.306 e. The monoisotopic (exact) mass is 310 g/mol. The van der Waals surface area contributed by atoms with Crippen molar-refractivity contribution in [3.8, 4) is 5.88 Å². The number of rotatable bonds is 7. The second-order valence-corrected chi connectivity index (χ2v) is 6.75. The van der Waals surface area contributed by atoms with E-state index in [1.54, 1.807) is 11.8 Å². The van der Waals surface area contributed by atoms with E-state index >= 15 is 0 Å². The van der Waals surface area contributed by atoms with Crippen LogP contribution in [0.4, 0.5) is 5.69 Å². The zero-order valence-electron chi connectivity index (χ0n) is 12.7. The Labute approximate surface area is 129 Å². The molecule has 21 heavy (non-hydrogen) atoms. The third-order valence-corrected chi connectivity index (χ3v) is 4.72. The van der Waals surface area contributed by atoms with Gasteiger partial charge in [-0.25, -0.2) is 4.98 Å². The molecular weight excluding hydrogens is 288 g/mol. The zero-order chi connectivity index (χ0) is 15.5. The molecule has 1 aromatic rings. The average Bonchev–Trinajstić information content (AvgIpc) is 3.19. The molecule has 2 rings (SSSR count). The largest absolute Gasteiger partial charge is 0.473 e. The summed E-state index contributed by atoms with van der Waals surface area (Å²) in [7, 11) is 1.43. The number of pyridine rings is 1. The number of aromatic nitrogens is 1. The van der Waals surface area contributed by atoms with E-state index in [4.69, 9.17) is 15.2 Å². The average molecular weight is 310 g/mol. The first-order valence-corrected chi connectivity index (χ1v) is 8.05. The molecule has 2 N–H and O–H groups in total. The summed E-state index contributed by atoms with van der Waals surface area (Å²) in [6.07, 6.45) is 2.66. The Hall–Kier alpha value is -1.43. The lowest BCUT2D eigenvalue weighted by Crippen LogP contribution is -2.13. The van der Waals surface area contributed by atoms with Gasteiger partial charge < -0.3 is 15.2 Å². The predicted molar refractivity (Wildman–Crippen MR) is 83.4 cm³/mol. The highest BCUT2D eigenvalue weighted by Gasteiger charge is 2.44. The van der Waals surface area contributed by atoms with Crippen LogP contribution in [-0.4, -0.2) is 29.9 Å². The minimum absolute atomic E-state index is 0.0362. The van der Waals surface area contributed by atoms with Crippen LogP contribution in [0, 0.1) is 5.41 Å². The van der Waals surface area contributed by atoms with E-state index in [-0.39, 0.29) is 17.5 Å². The molecule has 0 unspecified atom stereocenters. The Morgan fingerprint density at radius 2 is 2.19 bits per heavy atom. The van der Waals surface area contributed by atoms with E-state index in [0.29, 0.717) is 18.0 Å². The van der Waals surface area contributed by atoms with Crippen LogP contribution < -0.4 is 10.5 Å². The van der Waals surface area contributed by atoms with Gasteiger partial charge >= 0.3 is 5.97 Å². The van der Waals surface area contributed by atoms with Crippen molar-refractivity contribution in [3.05, 3.63) is 12.1 Å². The van der Waals surface area contributed by atoms with E-state index in [1.165, 1.54) is 7.11 Å². The van der Waals surface area contributed by atoms with Gasteiger partial charge in [-0.05, 0) is 44.2 Å². The van der Waals surface area contributed by atoms with Gasteiger partial charge in [-0.15, -0.1) is 11.8 Å². The molecule has 1 heterocycles. The summed E-state index contributed by atoms with van der Waals surface area (Å²) in [6, 6.07) is 3.70. The maximum Gasteiger partial charge on any atom is 0.306 e. The Kier molecular flexibility index (Phi) is 4.98. The van der Waals surface area contributed by atoms with Crippen molar-refractivity contribution in [1.29, 1.82) is 0 Å². The van der Waals surface area contributed by atoms with E-state index < -0.39 is 0 Å². The molecule has 5 nitrogen and oxygen atoms in total. The molecule has 0 aromatic carbocycles. The second-order valence-electron chi connectivity index (χ2n) is 5.75. The molecule has 1 aliphatic carbocycles. The molecule has 0 saturated heterocycles. The van der Waals surface area contributed by atoms with Crippen LogP contribution in [0.2, 0.25) is 0 Å². The summed E-state index contributed by atoms with van der Waals surface area (Å²) < 4.78 is 10.3. The first-order chi connectivity index (χ1) is 9.94. The predicted octanol–water partition coefficient (Wildman–Crippen LogP) is 2.89. The van der Waals surface area contributed by atoms with Crippen molar-refractivity contribution in [2.75, 3.05) is 18.6 Å². The van der Waals surface area contributed by atoms with Crippen molar-refractivity contribution in [2.45, 2.75) is 44.2 Å². The van der Waals surface area contributed by atoms with Gasteiger partial charge in [-0.1, -0.05) is 0 Å². The number of carbonyl (C=O) groups is 1. The number of hydrogen-bond acceptors (Lipinski definition) is 6. The van der Waals surface area contributed by atoms with Crippen LogP contribution in [0.15, 0.2) is 17.2 Å². The van der Waals surface area contributed by atoms with Crippen molar-refractivity contribution < 1.29 is 14.3 Å². The fraction of sp³-hybridized carbons (Fsp3) is 0.600.